The van der Waals surface area contributed by atoms with Crippen molar-refractivity contribution >= 4 is 43.0 Å². The molecule has 1 aliphatic rings. The highest BCUT2D eigenvalue weighted by atomic mass is 32.2. The molecule has 0 saturated carbocycles. The fraction of sp³-hybridized carbons (Fsp3) is 0.500. The highest BCUT2D eigenvalue weighted by molar-refractivity contribution is 8.08. The quantitative estimate of drug-likeness (QED) is 0.175. The summed E-state index contributed by atoms with van der Waals surface area (Å²) in [6.45, 7) is 5.31. The lowest BCUT2D eigenvalue weighted by Gasteiger charge is -2.27. The lowest BCUT2D eigenvalue weighted by atomic mass is 9.90. The van der Waals surface area contributed by atoms with Crippen LogP contribution >= 0.6 is 23.5 Å². The molecule has 1 aromatic carbocycles. The first kappa shape index (κ1) is 27.4. The van der Waals surface area contributed by atoms with Crippen LogP contribution in [-0.4, -0.2) is 63.1 Å². The van der Waals surface area contributed by atoms with Crippen molar-refractivity contribution < 1.29 is 19.8 Å². The summed E-state index contributed by atoms with van der Waals surface area (Å²) in [6, 6.07) is 7.81. The number of carbonyl (C=O) groups is 1. The molecule has 2 radical (unpaired) electrons. The summed E-state index contributed by atoms with van der Waals surface area (Å²) < 4.78 is 1.87. The van der Waals surface area contributed by atoms with Crippen LogP contribution in [0, 0.1) is 0 Å². The van der Waals surface area contributed by atoms with Gasteiger partial charge in [0.2, 0.25) is 0 Å². The standard InChI is InChI=1S/C24H31BN4O4S2/c1-3-16(2)18-14-29(28-26-18)11-7-4-8-12-33-27-24(25)17(13-22(31)32)23-21(15-30)34-19-9-5-6-10-20(19)35-23/h5-6,9-10,14,16,21,30H,3-4,7-8,11-13,15H2,1-2H3,(H,31,32)/b23-17-,27-24-. The maximum absolute atomic E-state index is 11.5. The van der Waals surface area contributed by atoms with E-state index in [1.807, 2.05) is 35.1 Å². The van der Waals surface area contributed by atoms with Gasteiger partial charge < -0.3 is 15.1 Å². The van der Waals surface area contributed by atoms with Gasteiger partial charge in [0, 0.05) is 39.0 Å². The van der Waals surface area contributed by atoms with Gasteiger partial charge in [-0.15, -0.1) is 22.0 Å². The minimum absolute atomic E-state index is 0.0357. The molecule has 0 saturated heterocycles. The molecule has 186 valence electrons. The second kappa shape index (κ2) is 13.7. The fourth-order valence-electron chi connectivity index (χ4n) is 3.50. The number of aliphatic hydroxyl groups is 1. The number of thioether (sulfide) groups is 2. The van der Waals surface area contributed by atoms with Gasteiger partial charge in [-0.05, 0) is 43.4 Å². The van der Waals surface area contributed by atoms with E-state index in [1.165, 1.54) is 23.5 Å². The molecule has 0 aliphatic carbocycles. The minimum atomic E-state index is -1.02. The number of unbranched alkanes of at least 4 members (excludes halogenated alkanes) is 2. The summed E-state index contributed by atoms with van der Waals surface area (Å²) in [5.74, 6) is -0.606. The van der Waals surface area contributed by atoms with Crippen molar-refractivity contribution in [2.45, 2.75) is 73.5 Å². The van der Waals surface area contributed by atoms with E-state index in [4.69, 9.17) is 12.7 Å². The average Bonchev–Trinajstić information content (AvgIpc) is 3.34. The predicted molar refractivity (Wildman–Crippen MR) is 140 cm³/mol. The van der Waals surface area contributed by atoms with Crippen LogP contribution in [0.2, 0.25) is 0 Å². The molecular weight excluding hydrogens is 483 g/mol. The number of aliphatic carboxylic acids is 1. The molecule has 2 N–H and O–H groups in total. The summed E-state index contributed by atoms with van der Waals surface area (Å²) in [5, 5.41) is 31.5. The third kappa shape index (κ3) is 7.88. The van der Waals surface area contributed by atoms with Crippen LogP contribution in [0.25, 0.3) is 0 Å². The molecule has 2 heterocycles. The molecule has 1 aromatic heterocycles. The normalized spacial score (nSPS) is 18.1. The monoisotopic (exact) mass is 514 g/mol. The Morgan fingerprint density at radius 2 is 2.06 bits per heavy atom. The molecule has 1 aliphatic heterocycles. The van der Waals surface area contributed by atoms with Crippen LogP contribution in [0.5, 0.6) is 0 Å². The van der Waals surface area contributed by atoms with Gasteiger partial charge >= 0.3 is 5.97 Å². The van der Waals surface area contributed by atoms with Gasteiger partial charge in [0.05, 0.1) is 24.0 Å². The Balaban J connectivity index is 1.54. The lowest BCUT2D eigenvalue weighted by molar-refractivity contribution is -0.136. The fourth-order valence-corrected chi connectivity index (χ4v) is 6.09. The molecule has 3 rings (SSSR count). The van der Waals surface area contributed by atoms with Crippen LogP contribution in [0.1, 0.15) is 57.6 Å². The molecule has 0 amide bonds. The van der Waals surface area contributed by atoms with Crippen molar-refractivity contribution in [3.05, 3.63) is 46.6 Å². The van der Waals surface area contributed by atoms with Gasteiger partial charge in [-0.2, -0.15) is 0 Å². The first-order valence-electron chi connectivity index (χ1n) is 11.8. The Bertz CT molecular complexity index is 1060. The number of carboxylic acids is 1. The molecule has 2 unspecified atom stereocenters. The summed E-state index contributed by atoms with van der Waals surface area (Å²) in [4.78, 5) is 19.7. The van der Waals surface area contributed by atoms with E-state index < -0.39 is 5.97 Å². The van der Waals surface area contributed by atoms with E-state index in [0.717, 1.165) is 47.7 Å². The smallest absolute Gasteiger partial charge is 0.307 e. The van der Waals surface area contributed by atoms with Crippen LogP contribution in [0.3, 0.4) is 0 Å². The van der Waals surface area contributed by atoms with Gasteiger partial charge in [0.25, 0.3) is 0 Å². The zero-order chi connectivity index (χ0) is 25.2. The summed E-state index contributed by atoms with van der Waals surface area (Å²) in [7, 11) is 6.17. The second-order valence-corrected chi connectivity index (χ2v) is 10.7. The number of carboxylic acid groups (broad SMARTS) is 1. The summed E-state index contributed by atoms with van der Waals surface area (Å²) in [5.41, 5.74) is 1.44. The Labute approximate surface area is 216 Å². The molecule has 8 nitrogen and oxygen atoms in total. The maximum atomic E-state index is 11.5. The van der Waals surface area contributed by atoms with Gasteiger partial charge in [-0.25, -0.2) is 0 Å². The first-order valence-corrected chi connectivity index (χ1v) is 13.5. The topological polar surface area (TPSA) is 110 Å². The highest BCUT2D eigenvalue weighted by Crippen LogP contribution is 2.48. The van der Waals surface area contributed by atoms with Crippen molar-refractivity contribution in [1.29, 1.82) is 0 Å². The van der Waals surface area contributed by atoms with E-state index in [0.29, 0.717) is 23.0 Å². The van der Waals surface area contributed by atoms with Gasteiger partial charge in [0.1, 0.15) is 14.5 Å². The number of oxime groups is 1. The van der Waals surface area contributed by atoms with E-state index in [2.05, 4.69) is 29.3 Å². The average molecular weight is 514 g/mol. The van der Waals surface area contributed by atoms with Crippen molar-refractivity contribution in [2.24, 2.45) is 5.16 Å². The minimum Gasteiger partial charge on any atom is -0.481 e. The number of hydrogen-bond donors (Lipinski definition) is 2. The van der Waals surface area contributed by atoms with Crippen LogP contribution in [-0.2, 0) is 16.2 Å². The first-order chi connectivity index (χ1) is 16.9. The van der Waals surface area contributed by atoms with Gasteiger partial charge in [0.15, 0.2) is 0 Å². The van der Waals surface area contributed by atoms with Crippen LogP contribution in [0.15, 0.2) is 55.9 Å². The lowest BCUT2D eigenvalue weighted by Crippen LogP contribution is -2.20. The molecule has 0 fully saturated rings. The van der Waals surface area contributed by atoms with Crippen LogP contribution < -0.4 is 0 Å². The van der Waals surface area contributed by atoms with Gasteiger partial charge in [-0.1, -0.05) is 43.0 Å². The number of aliphatic hydroxyl groups excluding tert-OH is 1. The Morgan fingerprint density at radius 1 is 1.29 bits per heavy atom. The zero-order valence-corrected chi connectivity index (χ0v) is 21.7. The number of rotatable bonds is 13. The summed E-state index contributed by atoms with van der Waals surface area (Å²) in [6.07, 6.45) is 5.39. The molecule has 2 atom stereocenters. The third-order valence-electron chi connectivity index (χ3n) is 5.69. The van der Waals surface area contributed by atoms with Crippen LogP contribution in [0.4, 0.5) is 0 Å². The van der Waals surface area contributed by atoms with Crippen molar-refractivity contribution in [3.63, 3.8) is 0 Å². The number of hydrogen-bond acceptors (Lipinski definition) is 8. The van der Waals surface area contributed by atoms with Gasteiger partial charge in [-0.3, -0.25) is 9.48 Å². The molecular formula is C24H31BN4O4S2. The summed E-state index contributed by atoms with van der Waals surface area (Å²) >= 11 is 2.92. The highest BCUT2D eigenvalue weighted by Gasteiger charge is 2.28. The van der Waals surface area contributed by atoms with E-state index in [-0.39, 0.29) is 23.9 Å². The number of fused-ring (bicyclic) bond motifs is 1. The predicted octanol–water partition coefficient (Wildman–Crippen LogP) is 4.45. The van der Waals surface area contributed by atoms with E-state index in [1.54, 1.807) is 0 Å². The molecule has 0 bridgehead atoms. The number of aromatic nitrogens is 3. The van der Waals surface area contributed by atoms with E-state index in [9.17, 15) is 15.0 Å². The Morgan fingerprint density at radius 3 is 2.77 bits per heavy atom. The van der Waals surface area contributed by atoms with Crippen molar-refractivity contribution in [2.75, 3.05) is 13.2 Å². The van der Waals surface area contributed by atoms with E-state index >= 15 is 0 Å². The third-order valence-corrected chi connectivity index (χ3v) is 8.57. The maximum Gasteiger partial charge on any atom is 0.307 e. The molecule has 2 aromatic rings. The number of nitrogens with zero attached hydrogens (tertiary/aromatic N) is 4. The second-order valence-electron chi connectivity index (χ2n) is 8.34. The zero-order valence-electron chi connectivity index (χ0n) is 20.1. The molecule has 11 heteroatoms. The largest absolute Gasteiger partial charge is 0.481 e. The Hall–Kier alpha value is -2.24. The van der Waals surface area contributed by atoms with Crippen molar-refractivity contribution in [3.8, 4) is 0 Å². The SMILES string of the molecule is [B]C(=N\OCCCCCn1cc(C(C)CC)nn1)/C(CC(=O)O)=C1\Sc2ccccc2SC1CO. The Kier molecular flexibility index (Phi) is 10.7. The molecule has 0 spiro atoms. The van der Waals surface area contributed by atoms with Crippen molar-refractivity contribution in [1.82, 2.24) is 15.0 Å². The number of aryl methyl sites for hydroxylation is 1. The number of benzene rings is 1. The molecule has 35 heavy (non-hydrogen) atoms.